The summed E-state index contributed by atoms with van der Waals surface area (Å²) in [6.45, 7) is 7.04. The summed E-state index contributed by atoms with van der Waals surface area (Å²) in [6, 6.07) is 6.29. The fourth-order valence-electron chi connectivity index (χ4n) is 4.93. The van der Waals surface area contributed by atoms with Gasteiger partial charge in [0.2, 0.25) is 11.8 Å². The van der Waals surface area contributed by atoms with E-state index in [2.05, 4.69) is 28.9 Å². The number of methoxy groups -OCH3 is 1. The first kappa shape index (κ1) is 19.4. The van der Waals surface area contributed by atoms with Crippen LogP contribution in [-0.2, 0) is 16.1 Å². The molecule has 2 saturated heterocycles. The second-order valence-electron chi connectivity index (χ2n) is 8.45. The zero-order valence-corrected chi connectivity index (χ0v) is 17.0. The molecule has 0 N–H and O–H groups in total. The van der Waals surface area contributed by atoms with E-state index in [9.17, 15) is 9.59 Å². The number of carbonyl (C=O) groups excluding carboxylic acids is 2. The Balaban J connectivity index is 1.32. The van der Waals surface area contributed by atoms with Crippen molar-refractivity contribution in [2.75, 3.05) is 40.0 Å². The SMILES string of the molecule is COc1ccc(C)cc1CN1CCN(CN2C(=O)[C@H]3CCCC[C@@H]3C2=O)CC1. The third-order valence-corrected chi connectivity index (χ3v) is 6.57. The Labute approximate surface area is 167 Å². The van der Waals surface area contributed by atoms with E-state index < -0.39 is 0 Å². The normalized spacial score (nSPS) is 26.6. The molecule has 0 radical (unpaired) electrons. The van der Waals surface area contributed by atoms with Crippen molar-refractivity contribution < 1.29 is 14.3 Å². The number of piperazine rings is 1. The third-order valence-electron chi connectivity index (χ3n) is 6.57. The first-order chi connectivity index (χ1) is 13.6. The average Bonchev–Trinajstić information content (AvgIpc) is 2.95. The lowest BCUT2D eigenvalue weighted by molar-refractivity contribution is -0.142. The molecule has 2 aliphatic heterocycles. The Morgan fingerprint density at radius 3 is 2.18 bits per heavy atom. The lowest BCUT2D eigenvalue weighted by atomic mass is 9.81. The zero-order valence-electron chi connectivity index (χ0n) is 17.0. The molecule has 2 heterocycles. The Morgan fingerprint density at radius 2 is 1.57 bits per heavy atom. The standard InChI is InChI=1S/C22H31N3O3/c1-16-7-8-20(28-2)17(13-16)14-23-9-11-24(12-10-23)15-25-21(26)18-5-3-4-6-19(18)22(25)27/h7-8,13,18-19H,3-6,9-12,14-15H2,1-2H3/t18-,19-/m0/s1. The topological polar surface area (TPSA) is 53.1 Å². The molecule has 2 amide bonds. The molecule has 1 saturated carbocycles. The second-order valence-corrected chi connectivity index (χ2v) is 8.45. The third kappa shape index (κ3) is 3.80. The minimum atomic E-state index is -0.0451. The van der Waals surface area contributed by atoms with Crippen LogP contribution in [0, 0.1) is 18.8 Å². The van der Waals surface area contributed by atoms with Crippen LogP contribution in [0.5, 0.6) is 5.75 Å². The van der Waals surface area contributed by atoms with E-state index in [1.807, 2.05) is 6.07 Å². The summed E-state index contributed by atoms with van der Waals surface area (Å²) in [5.41, 5.74) is 2.45. The van der Waals surface area contributed by atoms with Crippen LogP contribution < -0.4 is 4.74 Å². The highest BCUT2D eigenvalue weighted by Crippen LogP contribution is 2.38. The number of carbonyl (C=O) groups is 2. The summed E-state index contributed by atoms with van der Waals surface area (Å²) in [6.07, 6.45) is 3.93. The lowest BCUT2D eigenvalue weighted by Gasteiger charge is -2.36. The molecular formula is C22H31N3O3. The number of nitrogens with zero attached hydrogens (tertiary/aromatic N) is 3. The first-order valence-corrected chi connectivity index (χ1v) is 10.5. The Bertz CT molecular complexity index is 719. The van der Waals surface area contributed by atoms with E-state index in [0.717, 1.165) is 64.2 Å². The van der Waals surface area contributed by atoms with E-state index in [4.69, 9.17) is 4.74 Å². The summed E-state index contributed by atoms with van der Waals surface area (Å²) >= 11 is 0. The van der Waals surface area contributed by atoms with Gasteiger partial charge in [-0.2, -0.15) is 0 Å². The molecule has 6 heteroatoms. The number of hydrogen-bond donors (Lipinski definition) is 0. The van der Waals surface area contributed by atoms with Gasteiger partial charge in [-0.05, 0) is 25.8 Å². The molecule has 152 valence electrons. The van der Waals surface area contributed by atoms with Crippen LogP contribution in [0.1, 0.15) is 36.8 Å². The summed E-state index contributed by atoms with van der Waals surface area (Å²) in [7, 11) is 1.72. The number of imide groups is 1. The number of ether oxygens (including phenoxy) is 1. The molecular weight excluding hydrogens is 354 g/mol. The van der Waals surface area contributed by atoms with Crippen molar-refractivity contribution in [1.82, 2.24) is 14.7 Å². The van der Waals surface area contributed by atoms with Crippen molar-refractivity contribution in [3.8, 4) is 5.75 Å². The highest BCUT2D eigenvalue weighted by atomic mass is 16.5. The van der Waals surface area contributed by atoms with Gasteiger partial charge >= 0.3 is 0 Å². The van der Waals surface area contributed by atoms with Gasteiger partial charge in [0.15, 0.2) is 0 Å². The molecule has 1 aromatic carbocycles. The number of benzene rings is 1. The van der Waals surface area contributed by atoms with E-state index in [1.54, 1.807) is 12.0 Å². The van der Waals surface area contributed by atoms with Gasteiger partial charge in [-0.15, -0.1) is 0 Å². The molecule has 2 atom stereocenters. The fraction of sp³-hybridized carbons (Fsp3) is 0.636. The highest BCUT2D eigenvalue weighted by molar-refractivity contribution is 6.05. The van der Waals surface area contributed by atoms with E-state index >= 15 is 0 Å². The maximum atomic E-state index is 12.7. The van der Waals surface area contributed by atoms with Gasteiger partial charge in [-0.25, -0.2) is 0 Å². The van der Waals surface area contributed by atoms with Gasteiger partial charge in [-0.3, -0.25) is 24.3 Å². The largest absolute Gasteiger partial charge is 0.496 e. The minimum absolute atomic E-state index is 0.0451. The van der Waals surface area contributed by atoms with Crippen LogP contribution in [0.3, 0.4) is 0 Å². The first-order valence-electron chi connectivity index (χ1n) is 10.5. The molecule has 28 heavy (non-hydrogen) atoms. The number of aryl methyl sites for hydroxylation is 1. The smallest absolute Gasteiger partial charge is 0.234 e. The minimum Gasteiger partial charge on any atom is -0.496 e. The maximum absolute atomic E-state index is 12.7. The Hall–Kier alpha value is -1.92. The van der Waals surface area contributed by atoms with Crippen LogP contribution in [0.25, 0.3) is 0 Å². The lowest BCUT2D eigenvalue weighted by Crippen LogP contribution is -2.51. The molecule has 3 fully saturated rings. The van der Waals surface area contributed by atoms with Crippen molar-refractivity contribution in [2.45, 2.75) is 39.2 Å². The quantitative estimate of drug-likeness (QED) is 0.728. The van der Waals surface area contributed by atoms with Crippen LogP contribution in [0.15, 0.2) is 18.2 Å². The summed E-state index contributed by atoms with van der Waals surface area (Å²) in [5.74, 6) is 0.986. The molecule has 1 aromatic rings. The average molecular weight is 386 g/mol. The van der Waals surface area contributed by atoms with Crippen LogP contribution in [0.2, 0.25) is 0 Å². The predicted octanol–water partition coefficient (Wildman–Crippen LogP) is 2.25. The zero-order chi connectivity index (χ0) is 19.7. The number of rotatable bonds is 5. The Kier molecular flexibility index (Phi) is 5.69. The van der Waals surface area contributed by atoms with Crippen molar-refractivity contribution in [3.63, 3.8) is 0 Å². The second kappa shape index (κ2) is 8.21. The van der Waals surface area contributed by atoms with Gasteiger partial charge in [0.1, 0.15) is 5.75 Å². The number of amides is 2. The van der Waals surface area contributed by atoms with E-state index in [0.29, 0.717) is 6.67 Å². The van der Waals surface area contributed by atoms with Crippen molar-refractivity contribution >= 4 is 11.8 Å². The Morgan fingerprint density at radius 1 is 0.964 bits per heavy atom. The van der Waals surface area contributed by atoms with Crippen molar-refractivity contribution in [2.24, 2.45) is 11.8 Å². The highest BCUT2D eigenvalue weighted by Gasteiger charge is 2.48. The van der Waals surface area contributed by atoms with Crippen LogP contribution in [0.4, 0.5) is 0 Å². The number of fused-ring (bicyclic) bond motifs is 1. The van der Waals surface area contributed by atoms with E-state index in [1.165, 1.54) is 11.1 Å². The molecule has 6 nitrogen and oxygen atoms in total. The predicted molar refractivity (Wildman–Crippen MR) is 107 cm³/mol. The summed E-state index contributed by atoms with van der Waals surface area (Å²) in [5, 5.41) is 0. The summed E-state index contributed by atoms with van der Waals surface area (Å²) in [4.78, 5) is 31.6. The van der Waals surface area contributed by atoms with E-state index in [-0.39, 0.29) is 23.7 Å². The maximum Gasteiger partial charge on any atom is 0.234 e. The summed E-state index contributed by atoms with van der Waals surface area (Å²) < 4.78 is 5.50. The van der Waals surface area contributed by atoms with Crippen molar-refractivity contribution in [3.05, 3.63) is 29.3 Å². The van der Waals surface area contributed by atoms with Crippen LogP contribution >= 0.6 is 0 Å². The van der Waals surface area contributed by atoms with Crippen LogP contribution in [-0.4, -0.2) is 66.5 Å². The van der Waals surface area contributed by atoms with Crippen molar-refractivity contribution in [1.29, 1.82) is 0 Å². The van der Waals surface area contributed by atoms with Gasteiger partial charge in [0.05, 0.1) is 25.6 Å². The molecule has 0 bridgehead atoms. The number of hydrogen-bond acceptors (Lipinski definition) is 5. The fourth-order valence-corrected chi connectivity index (χ4v) is 4.93. The number of likely N-dealkylation sites (tertiary alicyclic amines) is 1. The van der Waals surface area contributed by atoms with Gasteiger partial charge in [0.25, 0.3) is 0 Å². The van der Waals surface area contributed by atoms with Gasteiger partial charge in [-0.1, -0.05) is 30.5 Å². The molecule has 0 unspecified atom stereocenters. The van der Waals surface area contributed by atoms with Gasteiger partial charge < -0.3 is 4.74 Å². The molecule has 4 rings (SSSR count). The molecule has 0 aromatic heterocycles. The molecule has 0 spiro atoms. The van der Waals surface area contributed by atoms with Gasteiger partial charge in [0, 0.05) is 38.3 Å². The molecule has 3 aliphatic rings. The monoisotopic (exact) mass is 385 g/mol. The molecule has 1 aliphatic carbocycles.